The Kier molecular flexibility index (Phi) is 3.81. The van der Waals surface area contributed by atoms with Gasteiger partial charge in [-0.3, -0.25) is 9.59 Å². The third-order valence-electron chi connectivity index (χ3n) is 4.38. The van der Waals surface area contributed by atoms with E-state index in [0.717, 1.165) is 0 Å². The van der Waals surface area contributed by atoms with E-state index in [-0.39, 0.29) is 24.6 Å². The van der Waals surface area contributed by atoms with Gasteiger partial charge >= 0.3 is 0 Å². The maximum Gasteiger partial charge on any atom is 0.256 e. The first-order valence-corrected chi connectivity index (χ1v) is 8.37. The number of nitrogens with one attached hydrogen (secondary N) is 4. The predicted molar refractivity (Wildman–Crippen MR) is 104 cm³/mol. The van der Waals surface area contributed by atoms with Crippen LogP contribution in [0.4, 0.5) is 10.1 Å². The number of benzene rings is 1. The number of carbonyl (C=O) groups is 2. The molecule has 1 aromatic heterocycles. The third-order valence-corrected chi connectivity index (χ3v) is 4.38. The van der Waals surface area contributed by atoms with E-state index in [2.05, 4.69) is 20.9 Å². The molecule has 0 radical (unpaired) electrons. The Hall–Kier alpha value is -2.93. The van der Waals surface area contributed by atoms with Crippen LogP contribution in [0.5, 0.6) is 0 Å². The van der Waals surface area contributed by atoms with Crippen molar-refractivity contribution < 1.29 is 20.8 Å². The first kappa shape index (κ1) is 13.3. The highest BCUT2D eigenvalue weighted by Crippen LogP contribution is 2.34. The van der Waals surface area contributed by atoms with Crippen molar-refractivity contribution in [1.82, 2.24) is 15.6 Å². The van der Waals surface area contributed by atoms with Gasteiger partial charge in [-0.1, -0.05) is 6.85 Å². The van der Waals surface area contributed by atoms with E-state index in [0.29, 0.717) is 33.8 Å². The molecule has 0 bridgehead atoms. The molecule has 0 saturated heterocycles. The molecule has 0 atom stereocenters. The molecular weight excluding hydrogens is 347 g/mol. The summed E-state index contributed by atoms with van der Waals surface area (Å²) in [6.07, 6.45) is 1.56. The third kappa shape index (κ3) is 3.78. The van der Waals surface area contributed by atoms with Crippen molar-refractivity contribution in [3.63, 3.8) is 0 Å². The highest BCUT2D eigenvalue weighted by atomic mass is 19.1. The number of likely N-dealkylation sites (N-methyl/N-ethyl adjacent to an activating group) is 1. The number of aromatic nitrogens is 1. The van der Waals surface area contributed by atoms with Gasteiger partial charge in [0.05, 0.1) is 11.1 Å². The van der Waals surface area contributed by atoms with Crippen molar-refractivity contribution >= 4 is 29.2 Å². The van der Waals surface area contributed by atoms with Crippen molar-refractivity contribution in [1.29, 1.82) is 0 Å². The summed E-state index contributed by atoms with van der Waals surface area (Å²) in [5.74, 6) is -1.28. The van der Waals surface area contributed by atoms with Crippen LogP contribution in [0.2, 0.25) is 0 Å². The van der Waals surface area contributed by atoms with E-state index < -0.39 is 25.1 Å². The number of rotatable bonds is 6. The molecule has 1 aliphatic rings. The predicted octanol–water partition coefficient (Wildman–Crippen LogP) is 2.60. The lowest BCUT2D eigenvalue weighted by atomic mass is 10.0. The Balaban J connectivity index is 1.75. The molecule has 6 nitrogen and oxygen atoms in total. The molecule has 3 rings (SSSR count). The first-order valence-electron chi connectivity index (χ1n) is 10.9. The van der Waals surface area contributed by atoms with Crippen molar-refractivity contribution in [2.75, 3.05) is 24.9 Å². The summed E-state index contributed by atoms with van der Waals surface area (Å²) in [5.41, 5.74) is 3.21. The van der Waals surface area contributed by atoms with Gasteiger partial charge in [-0.05, 0) is 50.2 Å². The molecule has 0 saturated carbocycles. The lowest BCUT2D eigenvalue weighted by Crippen LogP contribution is -2.32. The zero-order valence-corrected chi connectivity index (χ0v) is 14.9. The first-order chi connectivity index (χ1) is 14.8. The molecule has 27 heavy (non-hydrogen) atoms. The summed E-state index contributed by atoms with van der Waals surface area (Å²) < 4.78 is 50.1. The molecule has 2 aromatic rings. The van der Waals surface area contributed by atoms with E-state index in [4.69, 9.17) is 6.85 Å². The summed E-state index contributed by atoms with van der Waals surface area (Å²) in [7, 11) is 0. The summed E-state index contributed by atoms with van der Waals surface area (Å²) in [6, 6.07) is 4.01. The van der Waals surface area contributed by atoms with Gasteiger partial charge in [0.15, 0.2) is 0 Å². The molecule has 1 aromatic carbocycles. The summed E-state index contributed by atoms with van der Waals surface area (Å²) in [6.45, 7) is -2.09. The second kappa shape index (κ2) is 7.75. The molecular formula is C20H23FN4O2. The van der Waals surface area contributed by atoms with Gasteiger partial charge in [0.2, 0.25) is 0 Å². The number of aryl methyl sites for hydroxylation is 1. The zero-order valence-electron chi connectivity index (χ0n) is 19.9. The SMILES string of the molecule is [2H]C([2H])([2H])C([2H])([2H])NCCNC(=O)c1c(C)[nH]c(C=C2C(=O)Nc3ccc(F)cc32)c1C. The molecule has 2 amide bonds. The zero-order chi connectivity index (χ0) is 23.8. The molecule has 142 valence electrons. The van der Waals surface area contributed by atoms with Crippen molar-refractivity contribution in [3.8, 4) is 0 Å². The molecule has 7 heteroatoms. The van der Waals surface area contributed by atoms with E-state index in [1.54, 1.807) is 19.9 Å². The Morgan fingerprint density at radius 3 is 2.96 bits per heavy atom. The number of anilines is 1. The molecule has 0 unspecified atom stereocenters. The van der Waals surface area contributed by atoms with Crippen molar-refractivity contribution in [2.45, 2.75) is 20.7 Å². The highest BCUT2D eigenvalue weighted by Gasteiger charge is 2.26. The van der Waals surface area contributed by atoms with Gasteiger partial charge < -0.3 is 20.9 Å². The Morgan fingerprint density at radius 2 is 2.19 bits per heavy atom. The van der Waals surface area contributed by atoms with E-state index in [1.807, 2.05) is 0 Å². The average Bonchev–Trinajstić information content (AvgIpc) is 3.13. The molecule has 2 heterocycles. The maximum absolute atomic E-state index is 13.7. The highest BCUT2D eigenvalue weighted by molar-refractivity contribution is 6.34. The normalized spacial score (nSPS) is 18.1. The fourth-order valence-electron chi connectivity index (χ4n) is 3.10. The van der Waals surface area contributed by atoms with Crippen LogP contribution in [0.25, 0.3) is 11.6 Å². The van der Waals surface area contributed by atoms with Crippen LogP contribution in [-0.4, -0.2) is 36.4 Å². The van der Waals surface area contributed by atoms with Gasteiger partial charge in [-0.2, -0.15) is 0 Å². The van der Waals surface area contributed by atoms with E-state index in [9.17, 15) is 14.0 Å². The number of carbonyl (C=O) groups excluding carboxylic acids is 2. The minimum absolute atomic E-state index is 0.00393. The number of hydrogen-bond acceptors (Lipinski definition) is 3. The number of aromatic amines is 1. The summed E-state index contributed by atoms with van der Waals surface area (Å²) in [4.78, 5) is 28.0. The van der Waals surface area contributed by atoms with Crippen LogP contribution in [-0.2, 0) is 4.79 Å². The van der Waals surface area contributed by atoms with Crippen LogP contribution in [0, 0.1) is 19.7 Å². The largest absolute Gasteiger partial charge is 0.358 e. The van der Waals surface area contributed by atoms with Gasteiger partial charge in [-0.25, -0.2) is 4.39 Å². The molecule has 4 N–H and O–H groups in total. The second-order valence-electron chi connectivity index (χ2n) is 6.17. The molecule has 0 aliphatic carbocycles. The molecule has 1 aliphatic heterocycles. The van der Waals surface area contributed by atoms with Gasteiger partial charge in [0.25, 0.3) is 11.8 Å². The lowest BCUT2D eigenvalue weighted by Gasteiger charge is -2.06. The Morgan fingerprint density at radius 1 is 1.37 bits per heavy atom. The van der Waals surface area contributed by atoms with Crippen LogP contribution < -0.4 is 16.0 Å². The lowest BCUT2D eigenvalue weighted by molar-refractivity contribution is -0.110. The number of hydrogen-bond donors (Lipinski definition) is 4. The number of fused-ring (bicyclic) bond motifs is 1. The fourth-order valence-corrected chi connectivity index (χ4v) is 3.10. The summed E-state index contributed by atoms with van der Waals surface area (Å²) >= 11 is 0. The standard InChI is InChI=1S/C20H23FN4O2/c1-4-22-7-8-23-20(27)18-11(2)17(24-12(18)3)10-15-14-9-13(21)5-6-16(14)25-19(15)26/h5-6,9-10,22,24H,4,7-8H2,1-3H3,(H,23,27)(H,25,26)/i1D3,4D2. The van der Waals surface area contributed by atoms with Gasteiger partial charge in [-0.15, -0.1) is 0 Å². The van der Waals surface area contributed by atoms with Crippen molar-refractivity contribution in [2.24, 2.45) is 0 Å². The van der Waals surface area contributed by atoms with E-state index >= 15 is 0 Å². The number of halogens is 1. The second-order valence-corrected chi connectivity index (χ2v) is 6.17. The van der Waals surface area contributed by atoms with Gasteiger partial charge in [0.1, 0.15) is 5.82 Å². The van der Waals surface area contributed by atoms with Crippen LogP contribution in [0.1, 0.15) is 46.6 Å². The van der Waals surface area contributed by atoms with Crippen LogP contribution >= 0.6 is 0 Å². The Bertz CT molecular complexity index is 1110. The van der Waals surface area contributed by atoms with Crippen LogP contribution in [0.15, 0.2) is 18.2 Å². The summed E-state index contributed by atoms with van der Waals surface area (Å²) in [5, 5.41) is 7.56. The minimum Gasteiger partial charge on any atom is -0.358 e. The molecule has 0 spiro atoms. The van der Waals surface area contributed by atoms with Crippen molar-refractivity contribution in [3.05, 3.63) is 52.1 Å². The quantitative estimate of drug-likeness (QED) is 0.462. The number of amides is 2. The smallest absolute Gasteiger partial charge is 0.256 e. The fraction of sp³-hybridized carbons (Fsp3) is 0.300. The number of H-pyrrole nitrogens is 1. The molecule has 0 fully saturated rings. The van der Waals surface area contributed by atoms with Gasteiger partial charge in [0, 0.05) is 42.6 Å². The maximum atomic E-state index is 13.7. The Labute approximate surface area is 164 Å². The monoisotopic (exact) mass is 375 g/mol. The minimum atomic E-state index is -2.83. The van der Waals surface area contributed by atoms with Crippen LogP contribution in [0.3, 0.4) is 0 Å². The van der Waals surface area contributed by atoms with E-state index in [1.165, 1.54) is 18.2 Å². The topological polar surface area (TPSA) is 86.0 Å². The average molecular weight is 375 g/mol.